The lowest BCUT2D eigenvalue weighted by Gasteiger charge is -2.31. The molecule has 0 radical (unpaired) electrons. The fourth-order valence-corrected chi connectivity index (χ4v) is 4.31. The maximum Gasteiger partial charge on any atom is 0.336 e. The third-order valence-corrected chi connectivity index (χ3v) is 5.91. The highest BCUT2D eigenvalue weighted by molar-refractivity contribution is 7.91. The molecule has 0 bridgehead atoms. The number of esters is 2. The van der Waals surface area contributed by atoms with E-state index in [0.29, 0.717) is 17.0 Å². The van der Waals surface area contributed by atoms with Crippen molar-refractivity contribution in [3.63, 3.8) is 0 Å². The van der Waals surface area contributed by atoms with Gasteiger partial charge in [0.2, 0.25) is 0 Å². The van der Waals surface area contributed by atoms with Gasteiger partial charge in [-0.05, 0) is 30.6 Å². The molecule has 0 saturated heterocycles. The molecule has 0 saturated carbocycles. The van der Waals surface area contributed by atoms with E-state index in [-0.39, 0.29) is 41.5 Å². The number of rotatable bonds is 9. The average molecular weight is 452 g/mol. The van der Waals surface area contributed by atoms with Crippen molar-refractivity contribution < 1.29 is 28.5 Å². The molecule has 168 valence electrons. The monoisotopic (exact) mass is 451 g/mol. The summed E-state index contributed by atoms with van der Waals surface area (Å²) in [5.74, 6) is -2.24. The molecule has 2 rings (SSSR count). The van der Waals surface area contributed by atoms with Crippen LogP contribution in [-0.4, -0.2) is 53.2 Å². The van der Waals surface area contributed by atoms with Gasteiger partial charge in [-0.3, -0.25) is 10.1 Å². The molecule has 1 aromatic rings. The van der Waals surface area contributed by atoms with Crippen LogP contribution in [0.5, 0.6) is 0 Å². The highest BCUT2D eigenvalue weighted by Crippen LogP contribution is 2.40. The third kappa shape index (κ3) is 5.63. The Morgan fingerprint density at radius 2 is 2.00 bits per heavy atom. The van der Waals surface area contributed by atoms with Gasteiger partial charge in [-0.1, -0.05) is 12.1 Å². The average Bonchev–Trinajstić information content (AvgIpc) is 2.73. The summed E-state index contributed by atoms with van der Waals surface area (Å²) in [6, 6.07) is 5.64. The predicted octanol–water partition coefficient (Wildman–Crippen LogP) is 1.25. The number of nitrogens with two attached hydrogens (primary N) is 1. The van der Waals surface area contributed by atoms with Crippen LogP contribution in [0.2, 0.25) is 0 Å². The number of carbonyl (C=O) groups is 2. The maximum atomic E-state index is 13.0. The lowest BCUT2D eigenvalue weighted by molar-refractivity contribution is -0.384. The van der Waals surface area contributed by atoms with Crippen molar-refractivity contribution >= 4 is 28.8 Å². The first-order valence-electron chi connectivity index (χ1n) is 9.50. The lowest BCUT2D eigenvalue weighted by atomic mass is 9.80. The Kier molecular flexibility index (Phi) is 8.60. The van der Waals surface area contributed by atoms with Crippen LogP contribution in [0, 0.1) is 10.1 Å². The smallest absolute Gasteiger partial charge is 0.336 e. The van der Waals surface area contributed by atoms with Gasteiger partial charge in [0.1, 0.15) is 11.5 Å². The number of non-ortho nitro benzene ring substituents is 1. The fourth-order valence-electron chi connectivity index (χ4n) is 3.36. The second-order valence-electron chi connectivity index (χ2n) is 6.63. The van der Waals surface area contributed by atoms with Crippen LogP contribution in [0.1, 0.15) is 25.3 Å². The Morgan fingerprint density at radius 3 is 2.58 bits per heavy atom. The summed E-state index contributed by atoms with van der Waals surface area (Å²) in [6.07, 6.45) is 0. The molecule has 1 heterocycles. The molecule has 2 unspecified atom stereocenters. The van der Waals surface area contributed by atoms with Gasteiger partial charge in [0.05, 0.1) is 41.4 Å². The van der Waals surface area contributed by atoms with Gasteiger partial charge < -0.3 is 25.1 Å². The van der Waals surface area contributed by atoms with Crippen LogP contribution in [0.15, 0.2) is 46.8 Å². The Bertz CT molecular complexity index is 929. The Morgan fingerprint density at radius 1 is 1.29 bits per heavy atom. The summed E-state index contributed by atoms with van der Waals surface area (Å²) in [4.78, 5) is 36.3. The van der Waals surface area contributed by atoms with Crippen LogP contribution in [-0.2, 0) is 30.2 Å². The van der Waals surface area contributed by atoms with E-state index in [9.17, 15) is 24.3 Å². The molecular weight excluding hydrogens is 426 g/mol. The van der Waals surface area contributed by atoms with Crippen LogP contribution in [0.25, 0.3) is 0 Å². The highest BCUT2D eigenvalue weighted by atomic mass is 32.2. The van der Waals surface area contributed by atoms with Crippen LogP contribution in [0.3, 0.4) is 0 Å². The van der Waals surface area contributed by atoms with E-state index in [4.69, 9.17) is 15.2 Å². The Hall–Kier alpha value is -2.89. The number of allylic oxidation sites excluding steroid dienone is 1. The Balaban J connectivity index is 2.74. The van der Waals surface area contributed by atoms with Gasteiger partial charge in [-0.25, -0.2) is 9.59 Å². The zero-order valence-corrected chi connectivity index (χ0v) is 18.3. The van der Waals surface area contributed by atoms with Crippen LogP contribution in [0.4, 0.5) is 5.69 Å². The number of dihydropyridines is 1. The van der Waals surface area contributed by atoms with Gasteiger partial charge in [-0.15, -0.1) is 0 Å². The van der Waals surface area contributed by atoms with Gasteiger partial charge in [0.25, 0.3) is 5.69 Å². The van der Waals surface area contributed by atoms with E-state index in [0.717, 1.165) is 0 Å². The largest absolute Gasteiger partial charge is 0.616 e. The maximum absolute atomic E-state index is 13.0. The number of hydrogen-bond acceptors (Lipinski definition) is 9. The normalized spacial score (nSPS) is 17.1. The van der Waals surface area contributed by atoms with E-state index in [1.807, 2.05) is 0 Å². The first-order valence-corrected chi connectivity index (χ1v) is 11.0. The van der Waals surface area contributed by atoms with Gasteiger partial charge in [0.15, 0.2) is 0 Å². The van der Waals surface area contributed by atoms with Crippen molar-refractivity contribution in [3.8, 4) is 0 Å². The summed E-state index contributed by atoms with van der Waals surface area (Å²) in [6.45, 7) is 3.51. The summed E-state index contributed by atoms with van der Waals surface area (Å²) in [5.41, 5.74) is 6.49. The molecule has 11 heteroatoms. The number of carbonyl (C=O) groups excluding carboxylic acids is 2. The predicted molar refractivity (Wildman–Crippen MR) is 114 cm³/mol. The summed E-state index contributed by atoms with van der Waals surface area (Å²) < 4.78 is 22.5. The molecule has 2 atom stereocenters. The molecule has 0 fully saturated rings. The Labute approximate surface area is 182 Å². The zero-order valence-electron chi connectivity index (χ0n) is 17.5. The number of ether oxygens (including phenoxy) is 2. The molecule has 0 aromatic heterocycles. The minimum absolute atomic E-state index is 0.0252. The molecule has 0 spiro atoms. The summed E-state index contributed by atoms with van der Waals surface area (Å²) in [7, 11) is 1.20. The molecule has 1 aliphatic heterocycles. The number of methoxy groups -OCH3 is 1. The summed E-state index contributed by atoms with van der Waals surface area (Å²) >= 11 is -1.38. The molecule has 0 aliphatic carbocycles. The number of nitro benzene ring substituents is 1. The number of benzene rings is 1. The SMILES string of the molecule is CCOC(=O)C1=C(C[S+]([O-])CCN)NC(C)=C(C(=O)OC)C1c1cccc([N+](=O)[O-])c1. The minimum atomic E-state index is -1.38. The zero-order chi connectivity index (χ0) is 23.1. The van der Waals surface area contributed by atoms with Crippen LogP contribution >= 0.6 is 0 Å². The number of nitro groups is 1. The molecule has 1 aromatic carbocycles. The van der Waals surface area contributed by atoms with Crippen molar-refractivity contribution in [2.45, 2.75) is 19.8 Å². The molecular formula is C20H25N3O7S. The molecule has 31 heavy (non-hydrogen) atoms. The number of nitrogens with zero attached hydrogens (tertiary/aromatic N) is 1. The quantitative estimate of drug-likeness (QED) is 0.244. The van der Waals surface area contributed by atoms with Crippen molar-refractivity contribution in [2.75, 3.05) is 31.8 Å². The third-order valence-electron chi connectivity index (χ3n) is 4.61. The second kappa shape index (κ2) is 10.9. The van der Waals surface area contributed by atoms with Gasteiger partial charge in [0, 0.05) is 24.4 Å². The topological polar surface area (TPSA) is 157 Å². The fraction of sp³-hybridized carbons (Fsp3) is 0.400. The molecule has 0 amide bonds. The lowest BCUT2D eigenvalue weighted by Crippen LogP contribution is -2.36. The van der Waals surface area contributed by atoms with Crippen molar-refractivity contribution in [2.24, 2.45) is 5.73 Å². The first kappa shape index (κ1) is 24.4. The number of nitrogens with one attached hydrogen (secondary N) is 1. The van der Waals surface area contributed by atoms with E-state index < -0.39 is 34.0 Å². The van der Waals surface area contributed by atoms with Gasteiger partial charge in [-0.2, -0.15) is 0 Å². The van der Waals surface area contributed by atoms with Crippen molar-refractivity contribution in [3.05, 3.63) is 62.5 Å². The van der Waals surface area contributed by atoms with Gasteiger partial charge >= 0.3 is 11.9 Å². The molecule has 3 N–H and O–H groups in total. The first-order chi connectivity index (χ1) is 14.7. The standard InChI is InChI=1S/C20H25N3O7S/c1-4-30-20(25)18-15(11-31(28)9-8-21)22-12(2)16(19(24)29-3)17(18)13-6-5-7-14(10-13)23(26)27/h5-7,10,17,22H,4,8-9,11,21H2,1-3H3. The van der Waals surface area contributed by atoms with Crippen molar-refractivity contribution in [1.29, 1.82) is 0 Å². The van der Waals surface area contributed by atoms with E-state index in [2.05, 4.69) is 5.32 Å². The highest BCUT2D eigenvalue weighted by Gasteiger charge is 2.40. The molecule has 1 aliphatic rings. The van der Waals surface area contributed by atoms with E-state index in [1.165, 1.54) is 25.3 Å². The van der Waals surface area contributed by atoms with E-state index in [1.54, 1.807) is 19.9 Å². The van der Waals surface area contributed by atoms with Crippen LogP contribution < -0.4 is 11.1 Å². The van der Waals surface area contributed by atoms with E-state index >= 15 is 0 Å². The molecule has 10 nitrogen and oxygen atoms in total. The minimum Gasteiger partial charge on any atom is -0.616 e. The summed E-state index contributed by atoms with van der Waals surface area (Å²) in [5, 5.41) is 14.3. The number of hydrogen-bond donors (Lipinski definition) is 2. The second-order valence-corrected chi connectivity index (χ2v) is 8.21. The van der Waals surface area contributed by atoms with Crippen molar-refractivity contribution in [1.82, 2.24) is 5.32 Å².